The van der Waals surface area contributed by atoms with Gasteiger partial charge in [-0.05, 0) is 31.2 Å². The first-order valence-electron chi connectivity index (χ1n) is 6.77. The third-order valence-electron chi connectivity index (χ3n) is 3.61. The molecule has 1 aromatic carbocycles. The van der Waals surface area contributed by atoms with Gasteiger partial charge < -0.3 is 14.5 Å². The van der Waals surface area contributed by atoms with Crippen molar-refractivity contribution in [3.05, 3.63) is 30.0 Å². The van der Waals surface area contributed by atoms with E-state index >= 15 is 0 Å². The molecule has 1 atom stereocenters. The van der Waals surface area contributed by atoms with Crippen LogP contribution in [-0.4, -0.2) is 37.7 Å². The summed E-state index contributed by atoms with van der Waals surface area (Å²) in [5, 5.41) is 4.56. The molecule has 4 nitrogen and oxygen atoms in total. The Bertz CT molecular complexity index is 570. The van der Waals surface area contributed by atoms with Crippen molar-refractivity contribution >= 4 is 23.4 Å². The summed E-state index contributed by atoms with van der Waals surface area (Å²) in [6, 6.07) is 8.59. The van der Waals surface area contributed by atoms with E-state index in [1.807, 2.05) is 18.2 Å². The van der Waals surface area contributed by atoms with Gasteiger partial charge in [0.15, 0.2) is 0 Å². The second-order valence-corrected chi connectivity index (χ2v) is 5.21. The van der Waals surface area contributed by atoms with Gasteiger partial charge in [0.05, 0.1) is 13.7 Å². The van der Waals surface area contributed by atoms with Crippen LogP contribution >= 0.6 is 12.4 Å². The molecule has 1 saturated heterocycles. The van der Waals surface area contributed by atoms with Crippen LogP contribution in [0.3, 0.4) is 0 Å². The number of furan rings is 1. The van der Waals surface area contributed by atoms with E-state index in [4.69, 9.17) is 9.15 Å². The van der Waals surface area contributed by atoms with Gasteiger partial charge >= 0.3 is 0 Å². The molecule has 20 heavy (non-hydrogen) atoms. The number of hydrogen-bond acceptors (Lipinski definition) is 4. The second kappa shape index (κ2) is 6.48. The third-order valence-corrected chi connectivity index (χ3v) is 3.61. The van der Waals surface area contributed by atoms with Crippen molar-refractivity contribution < 1.29 is 9.15 Å². The molecule has 1 aliphatic rings. The number of nitrogens with one attached hydrogen (secondary N) is 1. The number of nitrogens with zero attached hydrogens (tertiary/aromatic N) is 1. The van der Waals surface area contributed by atoms with Crippen LogP contribution in [0.2, 0.25) is 0 Å². The van der Waals surface area contributed by atoms with Crippen molar-refractivity contribution in [2.45, 2.75) is 19.5 Å². The van der Waals surface area contributed by atoms with Gasteiger partial charge in [0.2, 0.25) is 0 Å². The van der Waals surface area contributed by atoms with Crippen molar-refractivity contribution in [1.29, 1.82) is 0 Å². The minimum Gasteiger partial charge on any atom is -0.497 e. The summed E-state index contributed by atoms with van der Waals surface area (Å²) in [5.41, 5.74) is 0.930. The van der Waals surface area contributed by atoms with E-state index in [9.17, 15) is 0 Å². The monoisotopic (exact) mass is 296 g/mol. The second-order valence-electron chi connectivity index (χ2n) is 5.21. The van der Waals surface area contributed by atoms with Crippen LogP contribution in [0.25, 0.3) is 11.0 Å². The lowest BCUT2D eigenvalue weighted by molar-refractivity contribution is 0.188. The molecule has 1 aliphatic heterocycles. The van der Waals surface area contributed by atoms with Gasteiger partial charge in [-0.2, -0.15) is 0 Å². The van der Waals surface area contributed by atoms with Gasteiger partial charge in [0.1, 0.15) is 17.1 Å². The number of halogens is 1. The van der Waals surface area contributed by atoms with Crippen molar-refractivity contribution in [3.8, 4) is 5.75 Å². The Hall–Kier alpha value is -1.23. The highest BCUT2D eigenvalue weighted by molar-refractivity contribution is 5.85. The SMILES string of the molecule is COc1ccc2oc(CN3CCNC(C)C3)cc2c1.Cl. The van der Waals surface area contributed by atoms with Crippen LogP contribution in [0.15, 0.2) is 28.7 Å². The van der Waals surface area contributed by atoms with Crippen molar-refractivity contribution in [1.82, 2.24) is 10.2 Å². The minimum absolute atomic E-state index is 0. The molecule has 5 heteroatoms. The molecule has 0 amide bonds. The lowest BCUT2D eigenvalue weighted by Gasteiger charge is -2.30. The van der Waals surface area contributed by atoms with E-state index in [2.05, 4.69) is 23.2 Å². The first-order chi connectivity index (χ1) is 9.24. The van der Waals surface area contributed by atoms with Gasteiger partial charge in [-0.3, -0.25) is 4.90 Å². The average Bonchev–Trinajstić information content (AvgIpc) is 2.79. The predicted octanol–water partition coefficient (Wildman–Crippen LogP) is 2.66. The Kier molecular flexibility index (Phi) is 4.91. The molecule has 0 bridgehead atoms. The Morgan fingerprint density at radius 1 is 1.40 bits per heavy atom. The number of piperazine rings is 1. The standard InChI is InChI=1S/C15H20N2O2.ClH/c1-11-9-17(6-5-16-11)10-14-8-12-7-13(18-2)3-4-15(12)19-14;/h3-4,7-8,11,16H,5-6,9-10H2,1-2H3;1H. The van der Waals surface area contributed by atoms with Crippen LogP contribution in [0, 0.1) is 0 Å². The topological polar surface area (TPSA) is 37.6 Å². The summed E-state index contributed by atoms with van der Waals surface area (Å²) in [5.74, 6) is 1.90. The zero-order valence-corrected chi connectivity index (χ0v) is 12.7. The zero-order valence-electron chi connectivity index (χ0n) is 11.9. The fourth-order valence-corrected chi connectivity index (χ4v) is 2.66. The molecule has 0 saturated carbocycles. The molecule has 0 radical (unpaired) electrons. The Morgan fingerprint density at radius 2 is 2.25 bits per heavy atom. The van der Waals surface area contributed by atoms with Crippen LogP contribution in [-0.2, 0) is 6.54 Å². The molecule has 0 aliphatic carbocycles. The van der Waals surface area contributed by atoms with E-state index in [0.717, 1.165) is 48.7 Å². The molecule has 1 aromatic heterocycles. The van der Waals surface area contributed by atoms with E-state index < -0.39 is 0 Å². The number of hydrogen-bond donors (Lipinski definition) is 1. The van der Waals surface area contributed by atoms with Gasteiger partial charge in [0, 0.05) is 31.1 Å². The summed E-state index contributed by atoms with van der Waals surface area (Å²) in [6.45, 7) is 6.29. The van der Waals surface area contributed by atoms with Gasteiger partial charge in [-0.15, -0.1) is 12.4 Å². The number of fused-ring (bicyclic) bond motifs is 1. The van der Waals surface area contributed by atoms with Crippen LogP contribution < -0.4 is 10.1 Å². The quantitative estimate of drug-likeness (QED) is 0.945. The maximum atomic E-state index is 5.89. The van der Waals surface area contributed by atoms with Gasteiger partial charge in [-0.25, -0.2) is 0 Å². The molecule has 2 heterocycles. The number of rotatable bonds is 3. The maximum Gasteiger partial charge on any atom is 0.134 e. The molecular weight excluding hydrogens is 276 g/mol. The molecule has 1 fully saturated rings. The normalized spacial score (nSPS) is 19.8. The summed E-state index contributed by atoms with van der Waals surface area (Å²) in [4.78, 5) is 2.43. The largest absolute Gasteiger partial charge is 0.497 e. The summed E-state index contributed by atoms with van der Waals surface area (Å²) in [6.07, 6.45) is 0. The molecule has 0 spiro atoms. The molecule has 3 rings (SSSR count). The fourth-order valence-electron chi connectivity index (χ4n) is 2.66. The first-order valence-corrected chi connectivity index (χ1v) is 6.77. The van der Waals surface area contributed by atoms with E-state index in [-0.39, 0.29) is 12.4 Å². The van der Waals surface area contributed by atoms with Gasteiger partial charge in [0.25, 0.3) is 0 Å². The van der Waals surface area contributed by atoms with Crippen molar-refractivity contribution in [2.24, 2.45) is 0 Å². The highest BCUT2D eigenvalue weighted by Crippen LogP contribution is 2.25. The van der Waals surface area contributed by atoms with E-state index in [1.165, 1.54) is 0 Å². The van der Waals surface area contributed by atoms with E-state index in [0.29, 0.717) is 6.04 Å². The lowest BCUT2D eigenvalue weighted by Crippen LogP contribution is -2.48. The average molecular weight is 297 g/mol. The molecule has 1 N–H and O–H groups in total. The van der Waals surface area contributed by atoms with Crippen LogP contribution in [0.5, 0.6) is 5.75 Å². The summed E-state index contributed by atoms with van der Waals surface area (Å²) >= 11 is 0. The van der Waals surface area contributed by atoms with Crippen molar-refractivity contribution in [2.75, 3.05) is 26.7 Å². The molecule has 1 unspecified atom stereocenters. The van der Waals surface area contributed by atoms with E-state index in [1.54, 1.807) is 7.11 Å². The number of methoxy groups -OCH3 is 1. The lowest BCUT2D eigenvalue weighted by atomic mass is 10.2. The zero-order chi connectivity index (χ0) is 13.2. The minimum atomic E-state index is 0. The molecule has 110 valence electrons. The third kappa shape index (κ3) is 3.26. The predicted molar refractivity (Wildman–Crippen MR) is 82.8 cm³/mol. The highest BCUT2D eigenvalue weighted by Gasteiger charge is 2.17. The molecule has 2 aromatic rings. The summed E-state index contributed by atoms with van der Waals surface area (Å²) in [7, 11) is 1.68. The maximum absolute atomic E-state index is 5.89. The smallest absolute Gasteiger partial charge is 0.134 e. The summed E-state index contributed by atoms with van der Waals surface area (Å²) < 4.78 is 11.1. The number of ether oxygens (including phenoxy) is 1. The van der Waals surface area contributed by atoms with Gasteiger partial charge in [-0.1, -0.05) is 0 Å². The van der Waals surface area contributed by atoms with Crippen LogP contribution in [0.1, 0.15) is 12.7 Å². The Morgan fingerprint density at radius 3 is 3.00 bits per heavy atom. The molecular formula is C15H21ClN2O2. The van der Waals surface area contributed by atoms with Crippen molar-refractivity contribution in [3.63, 3.8) is 0 Å². The Labute approximate surface area is 125 Å². The highest BCUT2D eigenvalue weighted by atomic mass is 35.5. The first kappa shape index (κ1) is 15.2. The Balaban J connectivity index is 0.00000147. The van der Waals surface area contributed by atoms with Crippen LogP contribution in [0.4, 0.5) is 0 Å². The fraction of sp³-hybridized carbons (Fsp3) is 0.467. The number of benzene rings is 1.